The molecule has 0 bridgehead atoms. The molecule has 160 valence electrons. The first-order chi connectivity index (χ1) is 13.9. The van der Waals surface area contributed by atoms with Crippen LogP contribution in [0.25, 0.3) is 0 Å². The first-order valence-corrected chi connectivity index (χ1v) is 10.7. The average Bonchev–Trinajstić information content (AvgIpc) is 3.10. The van der Waals surface area contributed by atoms with Crippen LogP contribution in [0, 0.1) is 0 Å². The minimum Gasteiger partial charge on any atom is -0.490 e. The van der Waals surface area contributed by atoms with Gasteiger partial charge in [-0.2, -0.15) is 0 Å². The number of hydrogen-bond donors (Lipinski definition) is 1. The van der Waals surface area contributed by atoms with Gasteiger partial charge in [-0.15, -0.1) is 0 Å². The van der Waals surface area contributed by atoms with Crippen LogP contribution in [0.3, 0.4) is 0 Å². The topological polar surface area (TPSA) is 44.8 Å². The molecule has 1 heterocycles. The number of likely N-dealkylation sites (N-methyl/N-ethyl adjacent to an activating group) is 2. The molecule has 1 N–H and O–H groups in total. The molecule has 0 spiro atoms. The van der Waals surface area contributed by atoms with Gasteiger partial charge in [0, 0.05) is 31.7 Å². The molecule has 0 atom stereocenters. The first kappa shape index (κ1) is 23.2. The maximum Gasteiger partial charge on any atom is 0.251 e. The standard InChI is InChI=1S/C24H37N3O2/c1-6-26-17-22(18-27(26)7-2)25-24(28)21-11-13-23(14-12-21)29-16-15-20(5)10-8-9-19(3)4/h9,11-15,22H,6-8,10,16-18H2,1-5H3,(H,25,28). The molecule has 29 heavy (non-hydrogen) atoms. The van der Waals surface area contributed by atoms with E-state index in [0.717, 1.165) is 44.8 Å². The van der Waals surface area contributed by atoms with Crippen molar-refractivity contribution in [3.8, 4) is 5.75 Å². The quantitative estimate of drug-likeness (QED) is 0.591. The smallest absolute Gasteiger partial charge is 0.251 e. The zero-order valence-corrected chi connectivity index (χ0v) is 18.7. The average molecular weight is 400 g/mol. The molecule has 1 amide bonds. The molecular weight excluding hydrogens is 362 g/mol. The summed E-state index contributed by atoms with van der Waals surface area (Å²) in [7, 11) is 0. The molecule has 0 aliphatic carbocycles. The summed E-state index contributed by atoms with van der Waals surface area (Å²) in [6.07, 6.45) is 6.51. The second kappa shape index (κ2) is 11.8. The van der Waals surface area contributed by atoms with Gasteiger partial charge in [0.25, 0.3) is 5.91 Å². The van der Waals surface area contributed by atoms with Crippen LogP contribution in [0.2, 0.25) is 0 Å². The lowest BCUT2D eigenvalue weighted by Gasteiger charge is -2.24. The number of hydrogen-bond acceptors (Lipinski definition) is 4. The zero-order valence-electron chi connectivity index (χ0n) is 18.7. The third-order valence-corrected chi connectivity index (χ3v) is 5.22. The maximum absolute atomic E-state index is 12.6. The number of rotatable bonds is 10. The molecule has 1 fully saturated rings. The van der Waals surface area contributed by atoms with Crippen molar-refractivity contribution in [2.24, 2.45) is 0 Å². The van der Waals surface area contributed by atoms with Crippen LogP contribution in [0.5, 0.6) is 5.75 Å². The van der Waals surface area contributed by atoms with E-state index in [1.165, 1.54) is 11.1 Å². The second-order valence-corrected chi connectivity index (χ2v) is 7.89. The van der Waals surface area contributed by atoms with Crippen LogP contribution in [0.4, 0.5) is 0 Å². The highest BCUT2D eigenvalue weighted by Crippen LogP contribution is 2.15. The van der Waals surface area contributed by atoms with Crippen LogP contribution in [-0.4, -0.2) is 54.8 Å². The van der Waals surface area contributed by atoms with Crippen LogP contribution in [-0.2, 0) is 0 Å². The van der Waals surface area contributed by atoms with E-state index in [9.17, 15) is 4.79 Å². The number of nitrogens with zero attached hydrogens (tertiary/aromatic N) is 2. The van der Waals surface area contributed by atoms with E-state index in [2.05, 4.69) is 62.1 Å². The minimum absolute atomic E-state index is 0.0226. The fourth-order valence-corrected chi connectivity index (χ4v) is 3.49. The molecule has 1 aromatic rings. The van der Waals surface area contributed by atoms with Crippen molar-refractivity contribution in [2.45, 2.75) is 53.5 Å². The molecule has 0 aromatic heterocycles. The van der Waals surface area contributed by atoms with E-state index < -0.39 is 0 Å². The SMILES string of the molecule is CCN1CC(NC(=O)c2ccc(OCC=C(C)CCC=C(C)C)cc2)CN1CC. The number of benzene rings is 1. The predicted molar refractivity (Wildman–Crippen MR) is 120 cm³/mol. The Morgan fingerprint density at radius 3 is 2.24 bits per heavy atom. The summed E-state index contributed by atoms with van der Waals surface area (Å²) >= 11 is 0. The van der Waals surface area contributed by atoms with Crippen LogP contribution < -0.4 is 10.1 Å². The Kier molecular flexibility index (Phi) is 9.42. The largest absolute Gasteiger partial charge is 0.490 e. The summed E-state index contributed by atoms with van der Waals surface area (Å²) in [5.74, 6) is 0.760. The second-order valence-electron chi connectivity index (χ2n) is 7.89. The number of carbonyl (C=O) groups is 1. The lowest BCUT2D eigenvalue weighted by Crippen LogP contribution is -2.38. The van der Waals surface area contributed by atoms with Crippen molar-refractivity contribution in [1.82, 2.24) is 15.3 Å². The highest BCUT2D eigenvalue weighted by molar-refractivity contribution is 5.94. The maximum atomic E-state index is 12.6. The van der Waals surface area contributed by atoms with Crippen molar-refractivity contribution in [3.63, 3.8) is 0 Å². The van der Waals surface area contributed by atoms with Crippen molar-refractivity contribution in [2.75, 3.05) is 32.8 Å². The molecule has 1 saturated heterocycles. The Balaban J connectivity index is 1.79. The van der Waals surface area contributed by atoms with Gasteiger partial charge in [0.1, 0.15) is 12.4 Å². The molecular formula is C24H37N3O2. The van der Waals surface area contributed by atoms with Gasteiger partial charge < -0.3 is 10.1 Å². The van der Waals surface area contributed by atoms with Crippen LogP contribution in [0.1, 0.15) is 57.8 Å². The number of nitrogens with one attached hydrogen (secondary N) is 1. The Morgan fingerprint density at radius 2 is 1.69 bits per heavy atom. The fraction of sp³-hybridized carbons (Fsp3) is 0.542. The van der Waals surface area contributed by atoms with Crippen molar-refractivity contribution in [1.29, 1.82) is 0 Å². The lowest BCUT2D eigenvalue weighted by atomic mass is 10.1. The predicted octanol–water partition coefficient (Wildman–Crippen LogP) is 4.43. The zero-order chi connectivity index (χ0) is 21.2. The Bertz CT molecular complexity index is 693. The summed E-state index contributed by atoms with van der Waals surface area (Å²) < 4.78 is 5.79. The Labute approximate surface area is 176 Å². The van der Waals surface area contributed by atoms with E-state index in [0.29, 0.717) is 12.2 Å². The van der Waals surface area contributed by atoms with Crippen molar-refractivity contribution < 1.29 is 9.53 Å². The summed E-state index contributed by atoms with van der Waals surface area (Å²) in [5, 5.41) is 7.73. The molecule has 0 saturated carbocycles. The Hall–Kier alpha value is -2.11. The van der Waals surface area contributed by atoms with Crippen molar-refractivity contribution >= 4 is 5.91 Å². The minimum atomic E-state index is -0.0226. The van der Waals surface area contributed by atoms with Gasteiger partial charge in [0.15, 0.2) is 0 Å². The van der Waals surface area contributed by atoms with Gasteiger partial charge in [-0.25, -0.2) is 10.0 Å². The first-order valence-electron chi connectivity index (χ1n) is 10.7. The van der Waals surface area contributed by atoms with Gasteiger partial charge in [0.2, 0.25) is 0 Å². The summed E-state index contributed by atoms with van der Waals surface area (Å²) in [6.45, 7) is 14.9. The third kappa shape index (κ3) is 7.67. The monoisotopic (exact) mass is 399 g/mol. The number of amides is 1. The molecule has 1 aromatic carbocycles. The molecule has 5 heteroatoms. The van der Waals surface area contributed by atoms with Gasteiger partial charge >= 0.3 is 0 Å². The van der Waals surface area contributed by atoms with Gasteiger partial charge in [-0.05, 0) is 64.0 Å². The highest BCUT2D eigenvalue weighted by Gasteiger charge is 2.28. The van der Waals surface area contributed by atoms with E-state index in [-0.39, 0.29) is 11.9 Å². The van der Waals surface area contributed by atoms with E-state index in [1.54, 1.807) is 0 Å². The van der Waals surface area contributed by atoms with Crippen LogP contribution >= 0.6 is 0 Å². The molecule has 1 aliphatic heterocycles. The normalized spacial score (nSPS) is 16.1. The number of ether oxygens (including phenoxy) is 1. The van der Waals surface area contributed by atoms with Crippen molar-refractivity contribution in [3.05, 3.63) is 53.1 Å². The Morgan fingerprint density at radius 1 is 1.07 bits per heavy atom. The van der Waals surface area contributed by atoms with Gasteiger partial charge in [-0.3, -0.25) is 4.79 Å². The molecule has 1 aliphatic rings. The van der Waals surface area contributed by atoms with E-state index in [1.807, 2.05) is 24.3 Å². The summed E-state index contributed by atoms with van der Waals surface area (Å²) in [4.78, 5) is 12.6. The van der Waals surface area contributed by atoms with E-state index in [4.69, 9.17) is 4.74 Å². The lowest BCUT2D eigenvalue weighted by molar-refractivity contribution is 0.0388. The fourth-order valence-electron chi connectivity index (χ4n) is 3.49. The van der Waals surface area contributed by atoms with Gasteiger partial charge in [-0.1, -0.05) is 31.1 Å². The molecule has 0 radical (unpaired) electrons. The highest BCUT2D eigenvalue weighted by atomic mass is 16.5. The number of hydrazine groups is 1. The third-order valence-electron chi connectivity index (χ3n) is 5.22. The number of allylic oxidation sites excluding steroid dienone is 3. The summed E-state index contributed by atoms with van der Waals surface area (Å²) in [6, 6.07) is 7.57. The summed E-state index contributed by atoms with van der Waals surface area (Å²) in [5.41, 5.74) is 3.36. The number of carbonyl (C=O) groups excluding carboxylic acids is 1. The molecule has 2 rings (SSSR count). The molecule has 0 unspecified atom stereocenters. The molecule has 5 nitrogen and oxygen atoms in total. The van der Waals surface area contributed by atoms with E-state index >= 15 is 0 Å². The van der Waals surface area contributed by atoms with Crippen LogP contribution in [0.15, 0.2) is 47.6 Å². The van der Waals surface area contributed by atoms with Gasteiger partial charge in [0.05, 0.1) is 6.04 Å².